The molecule has 2 aromatic heterocycles. The summed E-state index contributed by atoms with van der Waals surface area (Å²) in [5, 5.41) is 7.68. The average Bonchev–Trinajstić information content (AvgIpc) is 3.15. The summed E-state index contributed by atoms with van der Waals surface area (Å²) in [7, 11) is 10.2. The molecular weight excluding hydrogens is 314 g/mol. The van der Waals surface area contributed by atoms with Crippen LogP contribution in [0, 0.1) is 0 Å². The molecule has 0 aliphatic carbocycles. The second kappa shape index (κ2) is 8.71. The predicted octanol–water partition coefficient (Wildman–Crippen LogP) is 1.46. The largest absolute Gasteiger partial charge is 0.357 e. The van der Waals surface area contributed by atoms with Crippen molar-refractivity contribution in [2.75, 3.05) is 34.2 Å². The van der Waals surface area contributed by atoms with Gasteiger partial charge in [0.05, 0.1) is 25.3 Å². The Morgan fingerprint density at radius 1 is 1.32 bits per heavy atom. The molecule has 7 nitrogen and oxygen atoms in total. The molecule has 2 rings (SSSR count). The lowest BCUT2D eigenvalue weighted by molar-refractivity contribution is 0.305. The predicted molar refractivity (Wildman–Crippen MR) is 102 cm³/mol. The monoisotopic (exact) mass is 345 g/mol. The minimum Gasteiger partial charge on any atom is -0.357 e. The number of hydrogen-bond donors (Lipinski definition) is 1. The molecule has 25 heavy (non-hydrogen) atoms. The Hall–Kier alpha value is -2.28. The van der Waals surface area contributed by atoms with Crippen molar-refractivity contribution in [3.8, 4) is 0 Å². The van der Waals surface area contributed by atoms with Gasteiger partial charge >= 0.3 is 0 Å². The van der Waals surface area contributed by atoms with Crippen LogP contribution in [0.2, 0.25) is 0 Å². The summed E-state index contributed by atoms with van der Waals surface area (Å²) in [5.74, 6) is 0.916. The van der Waals surface area contributed by atoms with E-state index >= 15 is 0 Å². The molecular formula is C18H31N7. The molecule has 0 bridgehead atoms. The first kappa shape index (κ1) is 19.1. The lowest BCUT2D eigenvalue weighted by atomic mass is 10.1. The van der Waals surface area contributed by atoms with E-state index in [1.807, 2.05) is 17.9 Å². The Bertz CT molecular complexity index is 683. The van der Waals surface area contributed by atoms with E-state index in [0.717, 1.165) is 19.0 Å². The van der Waals surface area contributed by atoms with E-state index in [2.05, 4.69) is 84.4 Å². The molecule has 1 unspecified atom stereocenters. The number of nitrogens with one attached hydrogen (secondary N) is 1. The summed E-state index contributed by atoms with van der Waals surface area (Å²) in [5.41, 5.74) is 2.43. The highest BCUT2D eigenvalue weighted by molar-refractivity contribution is 5.79. The lowest BCUT2D eigenvalue weighted by Gasteiger charge is -2.25. The standard InChI is InChI=1S/C18H31N7/c1-7-19-18(24(5)14-16-9-8-10-23(16)4)20-12-17(22(2)3)15-11-21-25(6)13-15/h8-11,13,17H,7,12,14H2,1-6H3,(H,19,20). The first-order chi connectivity index (χ1) is 11.9. The summed E-state index contributed by atoms with van der Waals surface area (Å²) in [6, 6.07) is 4.40. The first-order valence-corrected chi connectivity index (χ1v) is 8.67. The number of hydrogen-bond acceptors (Lipinski definition) is 3. The van der Waals surface area contributed by atoms with Crippen molar-refractivity contribution in [2.24, 2.45) is 19.1 Å². The molecule has 138 valence electrons. The van der Waals surface area contributed by atoms with E-state index in [1.165, 1.54) is 11.3 Å². The zero-order chi connectivity index (χ0) is 18.4. The Labute approximate surface area is 150 Å². The van der Waals surface area contributed by atoms with Gasteiger partial charge in [-0.05, 0) is 33.2 Å². The van der Waals surface area contributed by atoms with Crippen molar-refractivity contribution >= 4 is 5.96 Å². The maximum absolute atomic E-state index is 4.87. The van der Waals surface area contributed by atoms with E-state index in [9.17, 15) is 0 Å². The fourth-order valence-electron chi connectivity index (χ4n) is 2.80. The smallest absolute Gasteiger partial charge is 0.194 e. The van der Waals surface area contributed by atoms with Crippen LogP contribution in [0.25, 0.3) is 0 Å². The third-order valence-corrected chi connectivity index (χ3v) is 4.29. The third kappa shape index (κ3) is 5.09. The highest BCUT2D eigenvalue weighted by atomic mass is 15.3. The zero-order valence-electron chi connectivity index (χ0n) is 16.3. The molecule has 2 aromatic rings. The molecule has 0 aliphatic rings. The van der Waals surface area contributed by atoms with Crippen molar-refractivity contribution in [2.45, 2.75) is 19.5 Å². The summed E-state index contributed by atoms with van der Waals surface area (Å²) in [6.45, 7) is 4.43. The topological polar surface area (TPSA) is 53.6 Å². The maximum atomic E-state index is 4.87. The molecule has 0 saturated carbocycles. The molecule has 2 heterocycles. The van der Waals surface area contributed by atoms with Gasteiger partial charge in [0.2, 0.25) is 0 Å². The van der Waals surface area contributed by atoms with Crippen molar-refractivity contribution in [1.29, 1.82) is 0 Å². The minimum absolute atomic E-state index is 0.200. The minimum atomic E-state index is 0.200. The van der Waals surface area contributed by atoms with Crippen LogP contribution in [0.3, 0.4) is 0 Å². The van der Waals surface area contributed by atoms with E-state index in [-0.39, 0.29) is 6.04 Å². The number of nitrogens with zero attached hydrogens (tertiary/aromatic N) is 6. The third-order valence-electron chi connectivity index (χ3n) is 4.29. The van der Waals surface area contributed by atoms with Gasteiger partial charge in [-0.2, -0.15) is 5.10 Å². The van der Waals surface area contributed by atoms with E-state index < -0.39 is 0 Å². The lowest BCUT2D eigenvalue weighted by Crippen LogP contribution is -2.39. The fraction of sp³-hybridized carbons (Fsp3) is 0.556. The molecule has 0 saturated heterocycles. The van der Waals surface area contributed by atoms with Crippen molar-refractivity contribution < 1.29 is 0 Å². The van der Waals surface area contributed by atoms with Gasteiger partial charge in [-0.25, -0.2) is 0 Å². The number of rotatable bonds is 7. The molecule has 7 heteroatoms. The van der Waals surface area contributed by atoms with Gasteiger partial charge in [-0.1, -0.05) is 0 Å². The molecule has 0 amide bonds. The van der Waals surface area contributed by atoms with Crippen LogP contribution in [0.1, 0.15) is 24.2 Å². The molecule has 0 spiro atoms. The second-order valence-corrected chi connectivity index (χ2v) is 6.59. The van der Waals surface area contributed by atoms with E-state index in [4.69, 9.17) is 4.99 Å². The van der Waals surface area contributed by atoms with Crippen LogP contribution in [-0.2, 0) is 20.6 Å². The number of aliphatic imine (C=N–C) groups is 1. The van der Waals surface area contributed by atoms with Crippen LogP contribution >= 0.6 is 0 Å². The average molecular weight is 345 g/mol. The van der Waals surface area contributed by atoms with Crippen molar-refractivity contribution in [3.05, 3.63) is 42.0 Å². The Morgan fingerprint density at radius 2 is 2.08 bits per heavy atom. The summed E-state index contributed by atoms with van der Waals surface area (Å²) >= 11 is 0. The van der Waals surface area contributed by atoms with Gasteiger partial charge in [-0.3, -0.25) is 9.67 Å². The molecule has 0 radical (unpaired) electrons. The van der Waals surface area contributed by atoms with Crippen LogP contribution in [0.15, 0.2) is 35.7 Å². The number of aromatic nitrogens is 3. The molecule has 1 N–H and O–H groups in total. The van der Waals surface area contributed by atoms with E-state index in [1.54, 1.807) is 0 Å². The van der Waals surface area contributed by atoms with Gasteiger partial charge in [0, 0.05) is 51.3 Å². The molecule has 1 atom stereocenters. The SMILES string of the molecule is CCNC(=NCC(c1cnn(C)c1)N(C)C)N(C)Cc1cccn1C. The summed E-state index contributed by atoms with van der Waals surface area (Å²) < 4.78 is 3.97. The zero-order valence-corrected chi connectivity index (χ0v) is 16.3. The quantitative estimate of drug-likeness (QED) is 0.610. The van der Waals surface area contributed by atoms with Gasteiger partial charge in [0.1, 0.15) is 0 Å². The number of aryl methyl sites for hydroxylation is 2. The highest BCUT2D eigenvalue weighted by Gasteiger charge is 2.16. The Kier molecular flexibility index (Phi) is 6.64. The number of guanidine groups is 1. The molecule has 0 fully saturated rings. The second-order valence-electron chi connectivity index (χ2n) is 6.59. The Morgan fingerprint density at radius 3 is 2.60 bits per heavy atom. The summed E-state index contributed by atoms with van der Waals surface area (Å²) in [6.07, 6.45) is 6.04. The van der Waals surface area contributed by atoms with Gasteiger partial charge in [-0.15, -0.1) is 0 Å². The van der Waals surface area contributed by atoms with Gasteiger partial charge in [0.15, 0.2) is 5.96 Å². The molecule has 0 aromatic carbocycles. The first-order valence-electron chi connectivity index (χ1n) is 8.67. The normalized spacial score (nSPS) is 13.3. The summed E-state index contributed by atoms with van der Waals surface area (Å²) in [4.78, 5) is 9.22. The maximum Gasteiger partial charge on any atom is 0.194 e. The molecule has 0 aliphatic heterocycles. The van der Waals surface area contributed by atoms with Gasteiger partial charge in [0.25, 0.3) is 0 Å². The van der Waals surface area contributed by atoms with Crippen LogP contribution < -0.4 is 5.32 Å². The highest BCUT2D eigenvalue weighted by Crippen LogP contribution is 2.17. The fourth-order valence-corrected chi connectivity index (χ4v) is 2.80. The van der Waals surface area contributed by atoms with Crippen LogP contribution in [0.5, 0.6) is 0 Å². The van der Waals surface area contributed by atoms with Crippen LogP contribution in [-0.4, -0.2) is 64.3 Å². The van der Waals surface area contributed by atoms with E-state index in [0.29, 0.717) is 6.54 Å². The van der Waals surface area contributed by atoms with Gasteiger partial charge < -0.3 is 19.7 Å². The van der Waals surface area contributed by atoms with Crippen molar-refractivity contribution in [1.82, 2.24) is 29.5 Å². The van der Waals surface area contributed by atoms with Crippen molar-refractivity contribution in [3.63, 3.8) is 0 Å². The van der Waals surface area contributed by atoms with Crippen LogP contribution in [0.4, 0.5) is 0 Å². The number of likely N-dealkylation sites (N-methyl/N-ethyl adjacent to an activating group) is 1. The Balaban J connectivity index is 2.12.